The minimum atomic E-state index is -0.0659. The number of halogens is 1. The molecule has 1 aromatic heterocycles. The molecule has 7 rings (SSSR count). The highest BCUT2D eigenvalue weighted by Gasteiger charge is 2.36. The lowest BCUT2D eigenvalue weighted by molar-refractivity contribution is 0.632. The van der Waals surface area contributed by atoms with Gasteiger partial charge in [0.05, 0.1) is 11.4 Å². The first-order chi connectivity index (χ1) is 17.5. The summed E-state index contributed by atoms with van der Waals surface area (Å²) in [6.07, 6.45) is 0. The summed E-state index contributed by atoms with van der Waals surface area (Å²) < 4.78 is 3.74. The number of fused-ring (bicyclic) bond motifs is 5. The highest BCUT2D eigenvalue weighted by molar-refractivity contribution is 9.10. The van der Waals surface area contributed by atoms with Crippen LogP contribution in [0.3, 0.4) is 0 Å². The number of hydrogen-bond donors (Lipinski definition) is 0. The topological polar surface area (TPSA) is 3.24 Å². The molecule has 6 aromatic rings. The van der Waals surface area contributed by atoms with E-state index in [-0.39, 0.29) is 5.41 Å². The molecule has 0 radical (unpaired) electrons. The van der Waals surface area contributed by atoms with Gasteiger partial charge in [-0.3, -0.25) is 0 Å². The minimum Gasteiger partial charge on any atom is -0.310 e. The van der Waals surface area contributed by atoms with Crippen LogP contribution in [0, 0.1) is 0 Å². The molecule has 2 heterocycles. The van der Waals surface area contributed by atoms with Crippen LogP contribution >= 0.6 is 27.3 Å². The standard InChI is InChI=1S/C33H24BrNS/c1-33(2)27-10-4-6-12-29(27)35(30-13-7-5-11-28(30)33)24-18-22(17-23(34)20-24)21-15-16-32-26(19-21)25-9-3-8-14-31(25)36-32/h3-20H,1-2H3. The van der Waals surface area contributed by atoms with Gasteiger partial charge in [0.1, 0.15) is 0 Å². The van der Waals surface area contributed by atoms with Crippen molar-refractivity contribution in [1.29, 1.82) is 0 Å². The van der Waals surface area contributed by atoms with Gasteiger partial charge in [-0.1, -0.05) is 90.4 Å². The summed E-state index contributed by atoms with van der Waals surface area (Å²) in [6.45, 7) is 4.66. The molecule has 0 fully saturated rings. The quantitative estimate of drug-likeness (QED) is 0.209. The van der Waals surface area contributed by atoms with Gasteiger partial charge < -0.3 is 4.90 Å². The fourth-order valence-corrected chi connectivity index (χ4v) is 7.29. The van der Waals surface area contributed by atoms with Crippen molar-refractivity contribution in [2.24, 2.45) is 0 Å². The van der Waals surface area contributed by atoms with Crippen LogP contribution < -0.4 is 4.90 Å². The van der Waals surface area contributed by atoms with Crippen molar-refractivity contribution in [2.75, 3.05) is 4.90 Å². The molecule has 1 aliphatic rings. The molecule has 0 unspecified atom stereocenters. The molecular weight excluding hydrogens is 522 g/mol. The summed E-state index contributed by atoms with van der Waals surface area (Å²) in [4.78, 5) is 2.42. The van der Waals surface area contributed by atoms with E-state index in [4.69, 9.17) is 0 Å². The molecule has 0 amide bonds. The van der Waals surface area contributed by atoms with Crippen molar-refractivity contribution >= 4 is 64.5 Å². The van der Waals surface area contributed by atoms with Crippen molar-refractivity contribution in [1.82, 2.24) is 0 Å². The van der Waals surface area contributed by atoms with Crippen LogP contribution in [0.15, 0.2) is 114 Å². The van der Waals surface area contributed by atoms with Crippen molar-refractivity contribution in [3.8, 4) is 11.1 Å². The van der Waals surface area contributed by atoms with E-state index >= 15 is 0 Å². The van der Waals surface area contributed by atoms with Gasteiger partial charge >= 0.3 is 0 Å². The maximum absolute atomic E-state index is 3.84. The maximum Gasteiger partial charge on any atom is 0.0502 e. The number of thiophene rings is 1. The molecule has 1 aliphatic heterocycles. The maximum atomic E-state index is 3.84. The summed E-state index contributed by atoms with van der Waals surface area (Å²) in [5.41, 5.74) is 8.69. The Balaban J connectivity index is 1.44. The fraction of sp³-hybridized carbons (Fsp3) is 0.0909. The Labute approximate surface area is 223 Å². The first kappa shape index (κ1) is 21.8. The molecule has 5 aromatic carbocycles. The minimum absolute atomic E-state index is 0.0659. The summed E-state index contributed by atoms with van der Waals surface area (Å²) in [5, 5.41) is 2.65. The Kier molecular flexibility index (Phi) is 4.89. The lowest BCUT2D eigenvalue weighted by Crippen LogP contribution is -2.30. The van der Waals surface area contributed by atoms with Crippen LogP contribution in [0.1, 0.15) is 25.0 Å². The Morgan fingerprint density at radius 3 is 2.00 bits per heavy atom. The van der Waals surface area contributed by atoms with E-state index in [0.29, 0.717) is 0 Å². The summed E-state index contributed by atoms with van der Waals surface area (Å²) in [7, 11) is 0. The molecule has 0 atom stereocenters. The van der Waals surface area contributed by atoms with Crippen LogP contribution in [-0.4, -0.2) is 0 Å². The average Bonchev–Trinajstić information content (AvgIpc) is 3.27. The second-order valence-electron chi connectivity index (χ2n) is 10.0. The van der Waals surface area contributed by atoms with Gasteiger partial charge in [0.15, 0.2) is 0 Å². The highest BCUT2D eigenvalue weighted by atomic mass is 79.9. The third-order valence-electron chi connectivity index (χ3n) is 7.49. The molecule has 0 spiro atoms. The zero-order chi connectivity index (χ0) is 24.4. The number of benzene rings is 5. The van der Waals surface area contributed by atoms with Gasteiger partial charge in [-0.15, -0.1) is 11.3 Å². The van der Waals surface area contributed by atoms with Gasteiger partial charge in [-0.25, -0.2) is 0 Å². The number of anilines is 3. The van der Waals surface area contributed by atoms with Crippen LogP contribution in [0.4, 0.5) is 17.1 Å². The smallest absolute Gasteiger partial charge is 0.0502 e. The molecular formula is C33H24BrNS. The monoisotopic (exact) mass is 545 g/mol. The molecule has 0 aliphatic carbocycles. The van der Waals surface area contributed by atoms with E-state index in [1.165, 1.54) is 53.8 Å². The summed E-state index contributed by atoms with van der Waals surface area (Å²) in [5.74, 6) is 0. The molecule has 0 saturated carbocycles. The lowest BCUT2D eigenvalue weighted by atomic mass is 9.73. The largest absolute Gasteiger partial charge is 0.310 e. The second-order valence-corrected chi connectivity index (χ2v) is 12.0. The van der Waals surface area contributed by atoms with Crippen molar-refractivity contribution in [3.63, 3.8) is 0 Å². The normalized spacial score (nSPS) is 14.1. The Morgan fingerprint density at radius 1 is 0.611 bits per heavy atom. The zero-order valence-electron chi connectivity index (χ0n) is 20.1. The van der Waals surface area contributed by atoms with Gasteiger partial charge in [0.2, 0.25) is 0 Å². The van der Waals surface area contributed by atoms with Crippen LogP contribution in [0.25, 0.3) is 31.3 Å². The number of rotatable bonds is 2. The third-order valence-corrected chi connectivity index (χ3v) is 9.10. The molecule has 1 nitrogen and oxygen atoms in total. The van der Waals surface area contributed by atoms with E-state index in [1.807, 2.05) is 11.3 Å². The zero-order valence-corrected chi connectivity index (χ0v) is 22.5. The lowest BCUT2D eigenvalue weighted by Gasteiger charge is -2.42. The average molecular weight is 547 g/mol. The van der Waals surface area contributed by atoms with E-state index in [1.54, 1.807) is 0 Å². The van der Waals surface area contributed by atoms with E-state index in [0.717, 1.165) is 10.2 Å². The van der Waals surface area contributed by atoms with Gasteiger partial charge in [-0.2, -0.15) is 0 Å². The Hall–Kier alpha value is -3.40. The second kappa shape index (κ2) is 8.06. The number of nitrogens with zero attached hydrogens (tertiary/aromatic N) is 1. The van der Waals surface area contributed by atoms with Crippen molar-refractivity contribution in [3.05, 3.63) is 125 Å². The Morgan fingerprint density at radius 2 is 1.25 bits per heavy atom. The molecule has 0 N–H and O–H groups in total. The summed E-state index contributed by atoms with van der Waals surface area (Å²) >= 11 is 5.70. The Bertz CT molecular complexity index is 1750. The van der Waals surface area contributed by atoms with Crippen LogP contribution in [0.2, 0.25) is 0 Å². The van der Waals surface area contributed by atoms with Crippen molar-refractivity contribution < 1.29 is 0 Å². The number of para-hydroxylation sites is 2. The number of hydrogen-bond acceptors (Lipinski definition) is 2. The van der Waals surface area contributed by atoms with Gasteiger partial charge in [-0.05, 0) is 70.8 Å². The molecule has 0 saturated heterocycles. The van der Waals surface area contributed by atoms with Gasteiger partial charge in [0.25, 0.3) is 0 Å². The molecule has 36 heavy (non-hydrogen) atoms. The first-order valence-electron chi connectivity index (χ1n) is 12.2. The van der Waals surface area contributed by atoms with E-state index in [2.05, 4.69) is 144 Å². The molecule has 3 heteroatoms. The SMILES string of the molecule is CC1(C)c2ccccc2N(c2cc(Br)cc(-c3ccc4sc5ccccc5c4c3)c2)c2ccccc21. The predicted octanol–water partition coefficient (Wildman–Crippen LogP) is 10.6. The van der Waals surface area contributed by atoms with Crippen molar-refractivity contribution in [2.45, 2.75) is 19.3 Å². The summed E-state index contributed by atoms with van der Waals surface area (Å²) in [6, 6.07) is 40.0. The molecule has 0 bridgehead atoms. The van der Waals surface area contributed by atoms with E-state index in [9.17, 15) is 0 Å². The van der Waals surface area contributed by atoms with Gasteiger partial charge in [0, 0.05) is 35.7 Å². The van der Waals surface area contributed by atoms with Crippen LogP contribution in [-0.2, 0) is 5.41 Å². The first-order valence-corrected chi connectivity index (χ1v) is 13.8. The molecule has 174 valence electrons. The highest BCUT2D eigenvalue weighted by Crippen LogP contribution is 2.52. The predicted molar refractivity (Wildman–Crippen MR) is 159 cm³/mol. The van der Waals surface area contributed by atoms with Crippen LogP contribution in [0.5, 0.6) is 0 Å². The fourth-order valence-electron chi connectivity index (χ4n) is 5.72. The van der Waals surface area contributed by atoms with E-state index < -0.39 is 0 Å². The third kappa shape index (κ3) is 3.27.